The topological polar surface area (TPSA) is 96.2 Å². The zero-order valence-electron chi connectivity index (χ0n) is 18.9. The van der Waals surface area contributed by atoms with E-state index >= 15 is 0 Å². The van der Waals surface area contributed by atoms with Gasteiger partial charge in [0.05, 0.1) is 22.3 Å². The highest BCUT2D eigenvalue weighted by Crippen LogP contribution is 2.48. The minimum atomic E-state index is -1.04. The average Bonchev–Trinajstić information content (AvgIpc) is 3.35. The molecule has 9 nitrogen and oxygen atoms in total. The first-order valence-corrected chi connectivity index (χ1v) is 11.2. The van der Waals surface area contributed by atoms with Gasteiger partial charge >= 0.3 is 0 Å². The quantitative estimate of drug-likeness (QED) is 0.296. The summed E-state index contributed by atoms with van der Waals surface area (Å²) in [5.74, 6) is -1.74. The monoisotopic (exact) mass is 492 g/mol. The Bertz CT molecular complexity index is 1290. The van der Waals surface area contributed by atoms with Crippen molar-refractivity contribution in [2.24, 2.45) is 5.92 Å². The largest absolute Gasteiger partial charge is 0.378 e. The molecule has 35 heavy (non-hydrogen) atoms. The third-order valence-corrected chi connectivity index (χ3v) is 6.52. The van der Waals surface area contributed by atoms with E-state index < -0.39 is 34.8 Å². The second-order valence-corrected chi connectivity index (χ2v) is 9.01. The minimum absolute atomic E-state index is 0.128. The lowest BCUT2D eigenvalue weighted by Gasteiger charge is -2.29. The molecule has 0 aromatic heterocycles. The summed E-state index contributed by atoms with van der Waals surface area (Å²) < 4.78 is 0. The fourth-order valence-electron chi connectivity index (χ4n) is 4.51. The number of rotatable bonds is 5. The fraction of sp³-hybridized carbons (Fsp3) is 0.200. The van der Waals surface area contributed by atoms with Gasteiger partial charge in [-0.2, -0.15) is 0 Å². The third-order valence-electron chi connectivity index (χ3n) is 6.27. The van der Waals surface area contributed by atoms with Crippen LogP contribution in [0.4, 0.5) is 22.7 Å². The number of anilines is 3. The summed E-state index contributed by atoms with van der Waals surface area (Å²) in [6.07, 6.45) is -1.04. The number of carbonyl (C=O) groups is 2. The maximum atomic E-state index is 13.6. The minimum Gasteiger partial charge on any atom is -0.378 e. The second kappa shape index (κ2) is 8.68. The normalized spacial score (nSPS) is 21.4. The second-order valence-electron chi connectivity index (χ2n) is 8.57. The van der Waals surface area contributed by atoms with E-state index in [-0.39, 0.29) is 11.4 Å². The van der Waals surface area contributed by atoms with Crippen LogP contribution in [0.2, 0.25) is 5.02 Å². The predicted molar refractivity (Wildman–Crippen MR) is 131 cm³/mol. The molecule has 0 radical (unpaired) electrons. The standard InChI is InChI=1S/C25H21ClN4O5/c1-27(2)17-7-3-15(4-8-17)22-21-23(35-29(22)19-9-5-16(26)6-10-19)25(32)28(24(21)31)18-11-13-20(14-12-18)30(33)34/h3-14,21-23H,1-2H3/t21-,22+,23+/m1/s1. The number of amides is 2. The predicted octanol–water partition coefficient (Wildman–Crippen LogP) is 4.37. The molecule has 2 aliphatic heterocycles. The number of hydroxylamine groups is 1. The van der Waals surface area contributed by atoms with Crippen LogP contribution in [0.25, 0.3) is 0 Å². The number of benzene rings is 3. The van der Waals surface area contributed by atoms with Crippen molar-refractivity contribution in [3.63, 3.8) is 0 Å². The number of hydrogen-bond donors (Lipinski definition) is 0. The summed E-state index contributed by atoms with van der Waals surface area (Å²) in [7, 11) is 3.87. The molecular weight excluding hydrogens is 472 g/mol. The zero-order valence-corrected chi connectivity index (χ0v) is 19.6. The number of nitro benzene ring substituents is 1. The van der Waals surface area contributed by atoms with Crippen molar-refractivity contribution in [3.05, 3.63) is 93.5 Å². The number of non-ortho nitro benzene ring substituents is 1. The Hall–Kier alpha value is -3.95. The molecule has 3 aromatic carbocycles. The molecule has 2 aliphatic rings. The number of nitrogens with zero attached hydrogens (tertiary/aromatic N) is 4. The Morgan fingerprint density at radius 1 is 0.886 bits per heavy atom. The van der Waals surface area contributed by atoms with E-state index in [1.165, 1.54) is 24.3 Å². The maximum absolute atomic E-state index is 13.6. The van der Waals surface area contributed by atoms with Crippen LogP contribution in [0.3, 0.4) is 0 Å². The molecule has 10 heteroatoms. The number of hydrogen-bond acceptors (Lipinski definition) is 7. The highest BCUT2D eigenvalue weighted by Gasteiger charge is 2.60. The number of carbonyl (C=O) groups excluding carboxylic acids is 2. The van der Waals surface area contributed by atoms with Gasteiger partial charge in [0, 0.05) is 36.9 Å². The maximum Gasteiger partial charge on any atom is 0.269 e. The van der Waals surface area contributed by atoms with Crippen LogP contribution in [0.15, 0.2) is 72.8 Å². The van der Waals surface area contributed by atoms with Crippen molar-refractivity contribution in [1.29, 1.82) is 0 Å². The molecule has 2 saturated heterocycles. The number of halogens is 1. The van der Waals surface area contributed by atoms with Gasteiger partial charge in [-0.15, -0.1) is 0 Å². The van der Waals surface area contributed by atoms with E-state index in [9.17, 15) is 19.7 Å². The van der Waals surface area contributed by atoms with Crippen molar-refractivity contribution >= 4 is 46.2 Å². The molecule has 2 heterocycles. The summed E-state index contributed by atoms with van der Waals surface area (Å²) in [6.45, 7) is 0. The molecule has 2 fully saturated rings. The average molecular weight is 493 g/mol. The van der Waals surface area contributed by atoms with E-state index in [1.807, 2.05) is 43.3 Å². The lowest BCUT2D eigenvalue weighted by molar-refractivity contribution is -0.384. The molecule has 5 rings (SSSR count). The summed E-state index contributed by atoms with van der Waals surface area (Å²) >= 11 is 6.06. The summed E-state index contributed by atoms with van der Waals surface area (Å²) in [5.41, 5.74) is 2.60. The Morgan fingerprint density at radius 3 is 2.06 bits per heavy atom. The van der Waals surface area contributed by atoms with Gasteiger partial charge in [-0.25, -0.2) is 9.96 Å². The van der Waals surface area contributed by atoms with Gasteiger partial charge < -0.3 is 4.90 Å². The lowest BCUT2D eigenvalue weighted by atomic mass is 9.90. The van der Waals surface area contributed by atoms with E-state index in [0.29, 0.717) is 10.7 Å². The van der Waals surface area contributed by atoms with Crippen LogP contribution < -0.4 is 14.9 Å². The van der Waals surface area contributed by atoms with Gasteiger partial charge in [0.15, 0.2) is 6.10 Å². The molecule has 0 saturated carbocycles. The third kappa shape index (κ3) is 3.88. The molecule has 3 aromatic rings. The first-order valence-electron chi connectivity index (χ1n) is 10.9. The summed E-state index contributed by atoms with van der Waals surface area (Å²) in [5, 5.41) is 13.1. The molecule has 0 bridgehead atoms. The smallest absolute Gasteiger partial charge is 0.269 e. The molecule has 0 N–H and O–H groups in total. The molecule has 3 atom stereocenters. The molecule has 0 aliphatic carbocycles. The first kappa shape index (κ1) is 22.8. The van der Waals surface area contributed by atoms with Crippen LogP contribution >= 0.6 is 11.6 Å². The van der Waals surface area contributed by atoms with E-state index in [1.54, 1.807) is 29.3 Å². The van der Waals surface area contributed by atoms with Gasteiger partial charge in [0.2, 0.25) is 5.91 Å². The van der Waals surface area contributed by atoms with Crippen LogP contribution in [-0.2, 0) is 14.4 Å². The zero-order chi connectivity index (χ0) is 24.9. The Balaban J connectivity index is 1.54. The first-order chi connectivity index (χ1) is 16.8. The molecule has 2 amide bonds. The van der Waals surface area contributed by atoms with Crippen molar-refractivity contribution in [2.75, 3.05) is 29.0 Å². The summed E-state index contributed by atoms with van der Waals surface area (Å²) in [6, 6.07) is 19.4. The van der Waals surface area contributed by atoms with Crippen molar-refractivity contribution in [3.8, 4) is 0 Å². The SMILES string of the molecule is CN(C)c1ccc([C@H]2[C@H]3C(=O)N(c4ccc([N+](=O)[O-])cc4)C(=O)[C@H]3ON2c2ccc(Cl)cc2)cc1. The summed E-state index contributed by atoms with van der Waals surface area (Å²) in [4.78, 5) is 46.6. The Morgan fingerprint density at radius 2 is 1.49 bits per heavy atom. The number of imide groups is 1. The van der Waals surface area contributed by atoms with Crippen LogP contribution in [0.5, 0.6) is 0 Å². The lowest BCUT2D eigenvalue weighted by Crippen LogP contribution is -2.37. The van der Waals surface area contributed by atoms with Crippen molar-refractivity contribution < 1.29 is 19.3 Å². The van der Waals surface area contributed by atoms with Gasteiger partial charge in [-0.3, -0.25) is 24.5 Å². The molecule has 178 valence electrons. The fourth-order valence-corrected chi connectivity index (χ4v) is 4.64. The molecular formula is C25H21ClN4O5. The van der Waals surface area contributed by atoms with Gasteiger partial charge in [-0.05, 0) is 54.1 Å². The van der Waals surface area contributed by atoms with Crippen LogP contribution in [0, 0.1) is 16.0 Å². The van der Waals surface area contributed by atoms with Crippen molar-refractivity contribution in [1.82, 2.24) is 0 Å². The highest BCUT2D eigenvalue weighted by atomic mass is 35.5. The molecule has 0 spiro atoms. The highest BCUT2D eigenvalue weighted by molar-refractivity contribution is 6.30. The Kier molecular flexibility index (Phi) is 5.66. The van der Waals surface area contributed by atoms with Crippen LogP contribution in [0.1, 0.15) is 11.6 Å². The van der Waals surface area contributed by atoms with Crippen molar-refractivity contribution in [2.45, 2.75) is 12.1 Å². The number of fused-ring (bicyclic) bond motifs is 1. The van der Waals surface area contributed by atoms with E-state index in [4.69, 9.17) is 16.4 Å². The van der Waals surface area contributed by atoms with E-state index in [0.717, 1.165) is 16.2 Å². The van der Waals surface area contributed by atoms with Gasteiger partial charge in [0.1, 0.15) is 5.92 Å². The number of nitro groups is 1. The molecule has 0 unspecified atom stereocenters. The van der Waals surface area contributed by atoms with E-state index in [2.05, 4.69) is 0 Å². The Labute approximate surface area is 206 Å². The van der Waals surface area contributed by atoms with Crippen LogP contribution in [-0.4, -0.2) is 36.9 Å². The van der Waals surface area contributed by atoms with Gasteiger partial charge in [0.25, 0.3) is 11.6 Å². The van der Waals surface area contributed by atoms with Gasteiger partial charge in [-0.1, -0.05) is 23.7 Å².